The summed E-state index contributed by atoms with van der Waals surface area (Å²) in [5.41, 5.74) is 1.72. The van der Waals surface area contributed by atoms with E-state index in [0.29, 0.717) is 22.4 Å². The normalized spacial score (nSPS) is 14.0. The predicted molar refractivity (Wildman–Crippen MR) is 92.7 cm³/mol. The van der Waals surface area contributed by atoms with Crippen LogP contribution in [0.15, 0.2) is 64.5 Å². The highest BCUT2D eigenvalue weighted by Gasteiger charge is 2.21. The first-order valence-electron chi connectivity index (χ1n) is 7.97. The summed E-state index contributed by atoms with van der Waals surface area (Å²) in [6, 6.07) is 13.3. The van der Waals surface area contributed by atoms with Crippen molar-refractivity contribution >= 4 is 23.4 Å². The van der Waals surface area contributed by atoms with Gasteiger partial charge in [0.2, 0.25) is 5.70 Å². The lowest BCUT2D eigenvalue weighted by atomic mass is 10.1. The molecule has 7 heteroatoms. The predicted octanol–water partition coefficient (Wildman–Crippen LogP) is 3.93. The fourth-order valence-electron chi connectivity index (χ4n) is 2.41. The summed E-state index contributed by atoms with van der Waals surface area (Å²) in [6.45, 7) is 1.97. The number of cyclic esters (lactones) is 1. The molecule has 0 saturated carbocycles. The van der Waals surface area contributed by atoms with Crippen molar-refractivity contribution in [3.05, 3.63) is 70.9 Å². The third kappa shape index (κ3) is 3.61. The van der Waals surface area contributed by atoms with Crippen LogP contribution in [-0.2, 0) is 20.9 Å². The van der Waals surface area contributed by atoms with Crippen LogP contribution in [0.4, 0.5) is 5.69 Å². The molecule has 2 aromatic rings. The molecule has 0 bridgehead atoms. The SMILES string of the molecule is CCOC(=O)/C(N=Nc1ccc2c(c1)COC2=O)=C(/O)c1ccccc1. The molecule has 0 atom stereocenters. The summed E-state index contributed by atoms with van der Waals surface area (Å²) in [6.07, 6.45) is 0. The van der Waals surface area contributed by atoms with Crippen LogP contribution in [0.1, 0.15) is 28.4 Å². The van der Waals surface area contributed by atoms with E-state index in [2.05, 4.69) is 10.2 Å². The standard InChI is InChI=1S/C19H16N2O5/c1-2-25-19(24)16(17(22)12-6-4-3-5-7-12)21-20-14-8-9-15-13(10-14)11-26-18(15)23/h3-10,22H,2,11H2,1H3/b17-16-,21-20?. The summed E-state index contributed by atoms with van der Waals surface area (Å²) < 4.78 is 9.88. The number of esters is 2. The molecule has 0 spiro atoms. The van der Waals surface area contributed by atoms with E-state index in [4.69, 9.17) is 9.47 Å². The van der Waals surface area contributed by atoms with Crippen LogP contribution in [0, 0.1) is 0 Å². The molecule has 132 valence electrons. The molecule has 1 N–H and O–H groups in total. The van der Waals surface area contributed by atoms with Gasteiger partial charge in [-0.3, -0.25) is 0 Å². The molecule has 0 amide bonds. The second-order valence-electron chi connectivity index (χ2n) is 5.40. The largest absolute Gasteiger partial charge is 0.505 e. The first-order chi connectivity index (χ1) is 12.6. The number of benzene rings is 2. The minimum atomic E-state index is -0.780. The Balaban J connectivity index is 1.95. The van der Waals surface area contributed by atoms with E-state index in [0.717, 1.165) is 0 Å². The Morgan fingerprint density at radius 1 is 1.23 bits per heavy atom. The van der Waals surface area contributed by atoms with Gasteiger partial charge in [0.15, 0.2) is 5.76 Å². The fraction of sp³-hybridized carbons (Fsp3) is 0.158. The molecule has 0 fully saturated rings. The summed E-state index contributed by atoms with van der Waals surface area (Å²) in [5, 5.41) is 18.3. The lowest BCUT2D eigenvalue weighted by molar-refractivity contribution is -0.138. The Hall–Kier alpha value is -3.48. The molecule has 7 nitrogen and oxygen atoms in total. The van der Waals surface area contributed by atoms with E-state index in [1.165, 1.54) is 0 Å². The summed E-state index contributed by atoms with van der Waals surface area (Å²) >= 11 is 0. The van der Waals surface area contributed by atoms with Gasteiger partial charge in [0.05, 0.1) is 17.9 Å². The molecule has 1 aliphatic rings. The Bertz CT molecular complexity index is 903. The topological polar surface area (TPSA) is 97.5 Å². The maximum absolute atomic E-state index is 12.2. The van der Waals surface area contributed by atoms with Gasteiger partial charge in [0.25, 0.3) is 0 Å². The lowest BCUT2D eigenvalue weighted by Gasteiger charge is -2.05. The highest BCUT2D eigenvalue weighted by Crippen LogP contribution is 2.26. The third-order valence-corrected chi connectivity index (χ3v) is 3.67. The number of carbonyl (C=O) groups excluding carboxylic acids is 2. The van der Waals surface area contributed by atoms with E-state index in [-0.39, 0.29) is 30.6 Å². The molecule has 1 heterocycles. The van der Waals surface area contributed by atoms with E-state index >= 15 is 0 Å². The van der Waals surface area contributed by atoms with Crippen LogP contribution >= 0.6 is 0 Å². The molecule has 0 aliphatic carbocycles. The Kier molecular flexibility index (Phi) is 5.07. The van der Waals surface area contributed by atoms with Crippen molar-refractivity contribution < 1.29 is 24.2 Å². The maximum atomic E-state index is 12.2. The molecule has 2 aromatic carbocycles. The molecule has 0 radical (unpaired) electrons. The van der Waals surface area contributed by atoms with Crippen molar-refractivity contribution in [3.63, 3.8) is 0 Å². The van der Waals surface area contributed by atoms with Crippen molar-refractivity contribution in [2.75, 3.05) is 6.61 Å². The summed E-state index contributed by atoms with van der Waals surface area (Å²) in [4.78, 5) is 23.6. The zero-order valence-electron chi connectivity index (χ0n) is 14.0. The van der Waals surface area contributed by atoms with Crippen molar-refractivity contribution in [1.82, 2.24) is 0 Å². The van der Waals surface area contributed by atoms with Gasteiger partial charge in [-0.15, -0.1) is 5.11 Å². The molecular weight excluding hydrogens is 336 g/mol. The molecule has 0 unspecified atom stereocenters. The number of azo groups is 1. The van der Waals surface area contributed by atoms with Crippen molar-refractivity contribution in [2.24, 2.45) is 10.2 Å². The number of rotatable bonds is 5. The minimum absolute atomic E-state index is 0.137. The monoisotopic (exact) mass is 352 g/mol. The van der Waals surface area contributed by atoms with Gasteiger partial charge in [0, 0.05) is 11.1 Å². The molecule has 3 rings (SSSR count). The number of hydrogen-bond donors (Lipinski definition) is 1. The van der Waals surface area contributed by atoms with Gasteiger partial charge in [-0.1, -0.05) is 30.3 Å². The van der Waals surface area contributed by atoms with Crippen LogP contribution in [0.3, 0.4) is 0 Å². The molecule has 26 heavy (non-hydrogen) atoms. The van der Waals surface area contributed by atoms with Crippen LogP contribution in [0.25, 0.3) is 5.76 Å². The van der Waals surface area contributed by atoms with Gasteiger partial charge in [-0.05, 0) is 25.1 Å². The number of fused-ring (bicyclic) bond motifs is 1. The van der Waals surface area contributed by atoms with Gasteiger partial charge in [-0.25, -0.2) is 9.59 Å². The van der Waals surface area contributed by atoms with Crippen LogP contribution in [0.5, 0.6) is 0 Å². The summed E-state index contributed by atoms with van der Waals surface area (Å²) in [7, 11) is 0. The Morgan fingerprint density at radius 2 is 2.00 bits per heavy atom. The zero-order chi connectivity index (χ0) is 18.5. The number of carbonyl (C=O) groups is 2. The average molecular weight is 352 g/mol. The van der Waals surface area contributed by atoms with Crippen LogP contribution in [0.2, 0.25) is 0 Å². The second kappa shape index (κ2) is 7.60. The molecule has 0 aromatic heterocycles. The minimum Gasteiger partial charge on any atom is -0.505 e. The highest BCUT2D eigenvalue weighted by atomic mass is 16.5. The number of aliphatic hydroxyl groups excluding tert-OH is 1. The van der Waals surface area contributed by atoms with Crippen LogP contribution in [-0.4, -0.2) is 23.7 Å². The van der Waals surface area contributed by atoms with Crippen molar-refractivity contribution in [2.45, 2.75) is 13.5 Å². The first-order valence-corrected chi connectivity index (χ1v) is 7.97. The van der Waals surface area contributed by atoms with Gasteiger partial charge >= 0.3 is 11.9 Å². The third-order valence-electron chi connectivity index (χ3n) is 3.67. The number of ether oxygens (including phenoxy) is 2. The number of aliphatic hydroxyl groups is 1. The van der Waals surface area contributed by atoms with Gasteiger partial charge < -0.3 is 14.6 Å². The highest BCUT2D eigenvalue weighted by molar-refractivity contribution is 5.95. The quantitative estimate of drug-likeness (QED) is 0.380. The van der Waals surface area contributed by atoms with Crippen molar-refractivity contribution in [1.29, 1.82) is 0 Å². The Labute approximate surface area is 149 Å². The number of nitrogens with zero attached hydrogens (tertiary/aromatic N) is 2. The summed E-state index contributed by atoms with van der Waals surface area (Å²) in [5.74, 6) is -1.48. The van der Waals surface area contributed by atoms with E-state index in [1.54, 1.807) is 55.5 Å². The van der Waals surface area contributed by atoms with Crippen molar-refractivity contribution in [3.8, 4) is 0 Å². The smallest absolute Gasteiger partial charge is 0.362 e. The molecular formula is C19H16N2O5. The van der Waals surface area contributed by atoms with E-state index < -0.39 is 5.97 Å². The molecule has 0 saturated heterocycles. The molecule has 1 aliphatic heterocycles. The first kappa shape index (κ1) is 17.3. The van der Waals surface area contributed by atoms with Gasteiger partial charge in [-0.2, -0.15) is 5.11 Å². The van der Waals surface area contributed by atoms with Crippen LogP contribution < -0.4 is 0 Å². The maximum Gasteiger partial charge on any atom is 0.362 e. The van der Waals surface area contributed by atoms with Gasteiger partial charge in [0.1, 0.15) is 6.61 Å². The average Bonchev–Trinajstić information content (AvgIpc) is 3.03. The number of hydrogen-bond acceptors (Lipinski definition) is 7. The lowest BCUT2D eigenvalue weighted by Crippen LogP contribution is -2.08. The van der Waals surface area contributed by atoms with E-state index in [9.17, 15) is 14.7 Å². The Morgan fingerprint density at radius 3 is 2.73 bits per heavy atom. The zero-order valence-corrected chi connectivity index (χ0v) is 14.0. The second-order valence-corrected chi connectivity index (χ2v) is 5.40. The fourth-order valence-corrected chi connectivity index (χ4v) is 2.41. The van der Waals surface area contributed by atoms with E-state index in [1.807, 2.05) is 0 Å².